The predicted molar refractivity (Wildman–Crippen MR) is 135 cm³/mol. The molecule has 2 aromatic heterocycles. The highest BCUT2D eigenvalue weighted by molar-refractivity contribution is 7.90. The van der Waals surface area contributed by atoms with Crippen molar-refractivity contribution in [2.24, 2.45) is 5.92 Å². The number of rotatable bonds is 9. The van der Waals surface area contributed by atoms with Gasteiger partial charge in [-0.05, 0) is 43.7 Å². The summed E-state index contributed by atoms with van der Waals surface area (Å²) in [6.07, 6.45) is 3.79. The molecule has 1 aliphatic carbocycles. The van der Waals surface area contributed by atoms with E-state index in [0.717, 1.165) is 12.8 Å². The molecule has 13 heteroatoms. The Morgan fingerprint density at radius 1 is 1.26 bits per heavy atom. The smallest absolute Gasteiger partial charge is 0.262 e. The Kier molecular flexibility index (Phi) is 6.82. The number of nitriles is 1. The van der Waals surface area contributed by atoms with Crippen molar-refractivity contribution in [1.29, 1.82) is 5.26 Å². The van der Waals surface area contributed by atoms with Crippen LogP contribution in [-0.4, -0.2) is 39.9 Å². The first-order valence-corrected chi connectivity index (χ1v) is 13.5. The molecule has 184 valence electrons. The lowest BCUT2D eigenvalue weighted by molar-refractivity contribution is 0.522. The van der Waals surface area contributed by atoms with Gasteiger partial charge in [0.15, 0.2) is 5.82 Å². The fraction of sp³-hybridized carbons (Fsp3) is 0.409. The van der Waals surface area contributed by atoms with Crippen molar-refractivity contribution in [3.05, 3.63) is 45.0 Å². The minimum atomic E-state index is -3.12. The van der Waals surface area contributed by atoms with E-state index in [9.17, 15) is 18.5 Å². The molecule has 0 bridgehead atoms. The maximum Gasteiger partial charge on any atom is 0.262 e. The maximum atomic E-state index is 13.6. The SMILES string of the molecule is CS(=O)(=O)CCCCn1c([C@@H](Nc2nc(N)nc(N)c2C#N)C2CC2)nc2cccc(Cl)c2c1=O. The summed E-state index contributed by atoms with van der Waals surface area (Å²) in [7, 11) is -3.12. The monoisotopic (exact) mass is 516 g/mol. The van der Waals surface area contributed by atoms with E-state index in [1.807, 2.05) is 6.07 Å². The number of halogens is 1. The van der Waals surface area contributed by atoms with E-state index in [0.29, 0.717) is 29.6 Å². The summed E-state index contributed by atoms with van der Waals surface area (Å²) in [5.74, 6) is 0.631. The lowest BCUT2D eigenvalue weighted by atomic mass is 10.1. The largest absolute Gasteiger partial charge is 0.382 e. The van der Waals surface area contributed by atoms with Crippen molar-refractivity contribution in [3.63, 3.8) is 0 Å². The van der Waals surface area contributed by atoms with Crippen molar-refractivity contribution in [1.82, 2.24) is 19.5 Å². The first kappa shape index (κ1) is 24.7. The summed E-state index contributed by atoms with van der Waals surface area (Å²) in [5, 5.41) is 13.4. The van der Waals surface area contributed by atoms with E-state index < -0.39 is 15.9 Å². The van der Waals surface area contributed by atoms with Gasteiger partial charge in [0, 0.05) is 18.6 Å². The van der Waals surface area contributed by atoms with Crippen LogP contribution < -0.4 is 22.3 Å². The standard InChI is InChI=1S/C22H25ClN8O3S/c1-35(33,34)10-3-2-9-31-20(27-15-6-4-5-14(23)16(15)21(31)32)17(12-7-8-12)28-19-13(11-24)18(25)29-22(26)30-19/h4-6,12,17H,2-3,7-10H2,1H3,(H5,25,26,28,29,30)/t17-/m0/s1. The van der Waals surface area contributed by atoms with Crippen LogP contribution in [0.1, 0.15) is 43.1 Å². The number of anilines is 3. The lowest BCUT2D eigenvalue weighted by Gasteiger charge is -2.24. The van der Waals surface area contributed by atoms with E-state index in [2.05, 4.69) is 15.3 Å². The maximum absolute atomic E-state index is 13.6. The molecule has 0 unspecified atom stereocenters. The number of unbranched alkanes of at least 4 members (excludes halogenated alkanes) is 1. The molecule has 11 nitrogen and oxygen atoms in total. The van der Waals surface area contributed by atoms with Gasteiger partial charge in [0.2, 0.25) is 5.95 Å². The summed E-state index contributed by atoms with van der Waals surface area (Å²) < 4.78 is 24.6. The molecule has 0 radical (unpaired) electrons. The number of aromatic nitrogens is 4. The van der Waals surface area contributed by atoms with Gasteiger partial charge in [-0.1, -0.05) is 17.7 Å². The number of sulfone groups is 1. The second-order valence-corrected chi connectivity index (χ2v) is 11.3. The van der Waals surface area contributed by atoms with Gasteiger partial charge in [-0.25, -0.2) is 13.4 Å². The van der Waals surface area contributed by atoms with Gasteiger partial charge in [-0.15, -0.1) is 0 Å². The molecule has 1 atom stereocenters. The minimum absolute atomic E-state index is 0.0220. The second-order valence-electron chi connectivity index (χ2n) is 8.66. The van der Waals surface area contributed by atoms with Crippen LogP contribution in [0.5, 0.6) is 0 Å². The molecule has 5 N–H and O–H groups in total. The zero-order valence-electron chi connectivity index (χ0n) is 19.0. The average Bonchev–Trinajstić information content (AvgIpc) is 3.60. The topological polar surface area (TPSA) is 183 Å². The fourth-order valence-electron chi connectivity index (χ4n) is 4.01. The highest BCUT2D eigenvalue weighted by Gasteiger charge is 2.36. The highest BCUT2D eigenvalue weighted by Crippen LogP contribution is 2.43. The first-order chi connectivity index (χ1) is 16.6. The van der Waals surface area contributed by atoms with Crippen LogP contribution in [0.3, 0.4) is 0 Å². The summed E-state index contributed by atoms with van der Waals surface area (Å²) in [6.45, 7) is 0.252. The van der Waals surface area contributed by atoms with Gasteiger partial charge in [0.1, 0.15) is 33.1 Å². The molecular weight excluding hydrogens is 492 g/mol. The Labute approximate surface area is 207 Å². The summed E-state index contributed by atoms with van der Waals surface area (Å²) in [6, 6.07) is 6.58. The van der Waals surface area contributed by atoms with Gasteiger partial charge in [0.05, 0.1) is 22.0 Å². The van der Waals surface area contributed by atoms with Crippen molar-refractivity contribution in [3.8, 4) is 6.07 Å². The number of nitrogen functional groups attached to an aromatic ring is 2. The number of hydrogen-bond acceptors (Lipinski definition) is 10. The van der Waals surface area contributed by atoms with Gasteiger partial charge in [-0.2, -0.15) is 15.2 Å². The third-order valence-electron chi connectivity index (χ3n) is 5.84. The van der Waals surface area contributed by atoms with Crippen molar-refractivity contribution in [2.75, 3.05) is 28.8 Å². The molecule has 1 saturated carbocycles. The molecule has 0 spiro atoms. The van der Waals surface area contributed by atoms with Crippen molar-refractivity contribution in [2.45, 2.75) is 38.3 Å². The molecule has 0 saturated heterocycles. The van der Waals surface area contributed by atoms with E-state index in [4.69, 9.17) is 28.1 Å². The Morgan fingerprint density at radius 3 is 2.66 bits per heavy atom. The van der Waals surface area contributed by atoms with Crippen LogP contribution in [0.25, 0.3) is 10.9 Å². The zero-order chi connectivity index (χ0) is 25.3. The van der Waals surface area contributed by atoms with Crippen LogP contribution in [0.4, 0.5) is 17.6 Å². The molecule has 2 heterocycles. The summed E-state index contributed by atoms with van der Waals surface area (Å²) in [5.41, 5.74) is 11.8. The predicted octanol–water partition coefficient (Wildman–Crippen LogP) is 2.26. The normalized spacial score (nSPS) is 14.5. The van der Waals surface area contributed by atoms with Crippen molar-refractivity contribution >= 4 is 49.9 Å². The minimum Gasteiger partial charge on any atom is -0.382 e. The molecule has 4 rings (SSSR count). The molecule has 1 fully saturated rings. The molecule has 35 heavy (non-hydrogen) atoms. The molecule has 1 aliphatic rings. The molecule has 0 amide bonds. The third kappa shape index (κ3) is 5.47. The van der Waals surface area contributed by atoms with Gasteiger partial charge in [-0.3, -0.25) is 9.36 Å². The number of hydrogen-bond donors (Lipinski definition) is 3. The van der Waals surface area contributed by atoms with Gasteiger partial charge >= 0.3 is 0 Å². The average molecular weight is 517 g/mol. The van der Waals surface area contributed by atoms with Crippen LogP contribution in [0, 0.1) is 17.2 Å². The van der Waals surface area contributed by atoms with E-state index >= 15 is 0 Å². The number of fused-ring (bicyclic) bond motifs is 1. The molecule has 1 aromatic carbocycles. The van der Waals surface area contributed by atoms with E-state index in [1.54, 1.807) is 18.2 Å². The zero-order valence-corrected chi connectivity index (χ0v) is 20.6. The number of nitrogens with zero attached hydrogens (tertiary/aromatic N) is 5. The lowest BCUT2D eigenvalue weighted by Crippen LogP contribution is -2.31. The third-order valence-corrected chi connectivity index (χ3v) is 7.18. The Morgan fingerprint density at radius 2 is 2.00 bits per heavy atom. The Bertz CT molecular complexity index is 1500. The number of nitrogens with one attached hydrogen (secondary N) is 1. The molecular formula is C22H25ClN8O3S. The van der Waals surface area contributed by atoms with E-state index in [1.165, 1.54) is 10.8 Å². The Hall–Kier alpha value is -3.43. The molecule has 3 aromatic rings. The van der Waals surface area contributed by atoms with Crippen LogP contribution in [-0.2, 0) is 16.4 Å². The van der Waals surface area contributed by atoms with Crippen LogP contribution >= 0.6 is 11.6 Å². The van der Waals surface area contributed by atoms with Crippen molar-refractivity contribution < 1.29 is 8.42 Å². The van der Waals surface area contributed by atoms with E-state index in [-0.39, 0.29) is 51.9 Å². The summed E-state index contributed by atoms with van der Waals surface area (Å²) >= 11 is 6.34. The van der Waals surface area contributed by atoms with Gasteiger partial charge < -0.3 is 16.8 Å². The fourth-order valence-corrected chi connectivity index (χ4v) is 4.99. The number of benzene rings is 1. The number of nitrogens with two attached hydrogens (primary N) is 2. The van der Waals surface area contributed by atoms with Gasteiger partial charge in [0.25, 0.3) is 5.56 Å². The Balaban J connectivity index is 1.81. The summed E-state index contributed by atoms with van der Waals surface area (Å²) in [4.78, 5) is 26.4. The van der Waals surface area contributed by atoms with Crippen LogP contribution in [0.15, 0.2) is 23.0 Å². The first-order valence-electron chi connectivity index (χ1n) is 11.1. The second kappa shape index (κ2) is 9.67. The quantitative estimate of drug-likeness (QED) is 0.356. The highest BCUT2D eigenvalue weighted by atomic mass is 35.5. The molecule has 0 aliphatic heterocycles. The van der Waals surface area contributed by atoms with Crippen LogP contribution in [0.2, 0.25) is 5.02 Å².